The molecule has 0 fully saturated rings. The van der Waals surface area contributed by atoms with Crippen LogP contribution in [-0.2, 0) is 4.79 Å². The molecule has 5 heteroatoms. The summed E-state index contributed by atoms with van der Waals surface area (Å²) in [7, 11) is 0. The lowest BCUT2D eigenvalue weighted by atomic mass is 10.1. The van der Waals surface area contributed by atoms with Crippen molar-refractivity contribution < 1.29 is 4.79 Å². The summed E-state index contributed by atoms with van der Waals surface area (Å²) in [6, 6.07) is 10.7. The maximum Gasteiger partial charge on any atom is 0.266 e. The van der Waals surface area contributed by atoms with Gasteiger partial charge in [-0.25, -0.2) is 0 Å². The first kappa shape index (κ1) is 14.8. The van der Waals surface area contributed by atoms with Crippen LogP contribution in [0.1, 0.15) is 11.1 Å². The average molecular weight is 298 g/mol. The third-order valence-corrected chi connectivity index (χ3v) is 3.14. The van der Waals surface area contributed by atoms with Crippen LogP contribution in [0.2, 0.25) is 5.02 Å². The molecule has 0 bridgehead atoms. The van der Waals surface area contributed by atoms with Gasteiger partial charge in [0.1, 0.15) is 11.6 Å². The number of amides is 1. The van der Waals surface area contributed by atoms with Crippen LogP contribution in [0.4, 0.5) is 5.69 Å². The molecule has 2 rings (SSSR count). The Hall–Kier alpha value is -2.64. The molecule has 1 amide bonds. The van der Waals surface area contributed by atoms with E-state index in [0.29, 0.717) is 16.3 Å². The summed E-state index contributed by atoms with van der Waals surface area (Å²) in [5.41, 5.74) is 2.01. The molecule has 21 heavy (non-hydrogen) atoms. The first-order valence-electron chi connectivity index (χ1n) is 6.20. The third kappa shape index (κ3) is 3.68. The number of benzene rings is 1. The minimum atomic E-state index is -0.502. The van der Waals surface area contributed by atoms with Gasteiger partial charge in [0, 0.05) is 12.4 Å². The highest BCUT2D eigenvalue weighted by Gasteiger charge is 2.12. The number of rotatable bonds is 3. The number of anilines is 1. The van der Waals surface area contributed by atoms with Crippen LogP contribution in [0.15, 0.2) is 48.3 Å². The summed E-state index contributed by atoms with van der Waals surface area (Å²) < 4.78 is 0. The van der Waals surface area contributed by atoms with Gasteiger partial charge in [0.05, 0.1) is 10.7 Å². The number of aromatic nitrogens is 1. The van der Waals surface area contributed by atoms with Crippen molar-refractivity contribution in [2.75, 3.05) is 5.32 Å². The van der Waals surface area contributed by atoms with Crippen molar-refractivity contribution >= 4 is 29.3 Å². The Labute approximate surface area is 127 Å². The molecule has 0 saturated heterocycles. The van der Waals surface area contributed by atoms with Crippen molar-refractivity contribution in [3.8, 4) is 6.07 Å². The maximum atomic E-state index is 12.2. The van der Waals surface area contributed by atoms with Crippen molar-refractivity contribution in [3.05, 3.63) is 64.4 Å². The largest absolute Gasteiger partial charge is 0.320 e. The zero-order chi connectivity index (χ0) is 15.2. The minimum Gasteiger partial charge on any atom is -0.320 e. The van der Waals surface area contributed by atoms with E-state index in [1.807, 2.05) is 19.1 Å². The molecule has 0 spiro atoms. The van der Waals surface area contributed by atoms with Gasteiger partial charge in [0.15, 0.2) is 0 Å². The number of carbonyl (C=O) groups excluding carboxylic acids is 1. The van der Waals surface area contributed by atoms with E-state index in [2.05, 4.69) is 10.3 Å². The van der Waals surface area contributed by atoms with E-state index in [1.165, 1.54) is 6.08 Å². The number of nitriles is 1. The Bertz CT molecular complexity index is 713. The molecule has 1 aromatic carbocycles. The summed E-state index contributed by atoms with van der Waals surface area (Å²) in [6.45, 7) is 1.83. The summed E-state index contributed by atoms with van der Waals surface area (Å²) in [4.78, 5) is 16.1. The monoisotopic (exact) mass is 297 g/mol. The van der Waals surface area contributed by atoms with Crippen LogP contribution < -0.4 is 5.32 Å². The van der Waals surface area contributed by atoms with Crippen molar-refractivity contribution in [2.45, 2.75) is 6.92 Å². The molecular formula is C16H12ClN3O. The Morgan fingerprint density at radius 2 is 2.19 bits per heavy atom. The predicted molar refractivity (Wildman–Crippen MR) is 82.6 cm³/mol. The van der Waals surface area contributed by atoms with E-state index in [1.54, 1.807) is 36.7 Å². The van der Waals surface area contributed by atoms with Crippen LogP contribution in [0, 0.1) is 18.3 Å². The lowest BCUT2D eigenvalue weighted by Gasteiger charge is -2.09. The number of carbonyl (C=O) groups is 1. The Morgan fingerprint density at radius 1 is 1.38 bits per heavy atom. The van der Waals surface area contributed by atoms with Crippen LogP contribution >= 0.6 is 11.6 Å². The number of hydrogen-bond donors (Lipinski definition) is 1. The number of nitrogens with zero attached hydrogens (tertiary/aromatic N) is 2. The molecule has 0 atom stereocenters. The molecular weight excluding hydrogens is 286 g/mol. The number of nitrogens with one attached hydrogen (secondary N) is 1. The maximum absolute atomic E-state index is 12.2. The second-order valence-corrected chi connectivity index (χ2v) is 4.75. The van der Waals surface area contributed by atoms with E-state index >= 15 is 0 Å². The summed E-state index contributed by atoms with van der Waals surface area (Å²) in [6.07, 6.45) is 4.68. The molecule has 2 aromatic rings. The van der Waals surface area contributed by atoms with Crippen molar-refractivity contribution in [1.82, 2.24) is 4.98 Å². The molecule has 104 valence electrons. The quantitative estimate of drug-likeness (QED) is 0.695. The zero-order valence-corrected chi connectivity index (χ0v) is 12.1. The Morgan fingerprint density at radius 3 is 2.81 bits per heavy atom. The fraction of sp³-hybridized carbons (Fsp3) is 0.0625. The summed E-state index contributed by atoms with van der Waals surface area (Å²) in [5, 5.41) is 12.2. The predicted octanol–water partition coefficient (Wildman–Crippen LogP) is 3.59. The molecule has 0 aliphatic carbocycles. The smallest absolute Gasteiger partial charge is 0.266 e. The van der Waals surface area contributed by atoms with Crippen LogP contribution in [-0.4, -0.2) is 10.9 Å². The van der Waals surface area contributed by atoms with E-state index in [0.717, 1.165) is 5.56 Å². The molecule has 4 nitrogen and oxygen atoms in total. The SMILES string of the molecule is Cc1cccc(Cl)c1NC(=O)/C(C#N)=C/c1cccnc1. The summed E-state index contributed by atoms with van der Waals surface area (Å²) in [5.74, 6) is -0.502. The van der Waals surface area contributed by atoms with Gasteiger partial charge in [-0.2, -0.15) is 5.26 Å². The fourth-order valence-electron chi connectivity index (χ4n) is 1.75. The summed E-state index contributed by atoms with van der Waals surface area (Å²) >= 11 is 6.05. The van der Waals surface area contributed by atoms with E-state index < -0.39 is 5.91 Å². The Kier molecular flexibility index (Phi) is 4.70. The number of hydrogen-bond acceptors (Lipinski definition) is 3. The molecule has 0 unspecified atom stereocenters. The third-order valence-electron chi connectivity index (χ3n) is 2.82. The molecule has 1 N–H and O–H groups in total. The van der Waals surface area contributed by atoms with Crippen molar-refractivity contribution in [2.24, 2.45) is 0 Å². The Balaban J connectivity index is 2.27. The second-order valence-electron chi connectivity index (χ2n) is 4.34. The second kappa shape index (κ2) is 6.69. The zero-order valence-electron chi connectivity index (χ0n) is 11.3. The number of pyridine rings is 1. The van der Waals surface area contributed by atoms with Crippen LogP contribution in [0.5, 0.6) is 0 Å². The molecule has 0 saturated carbocycles. The highest BCUT2D eigenvalue weighted by molar-refractivity contribution is 6.34. The van der Waals surface area contributed by atoms with Gasteiger partial charge in [0.2, 0.25) is 0 Å². The van der Waals surface area contributed by atoms with Crippen molar-refractivity contribution in [3.63, 3.8) is 0 Å². The van der Waals surface area contributed by atoms with Crippen LogP contribution in [0.25, 0.3) is 6.08 Å². The number of aryl methyl sites for hydroxylation is 1. The average Bonchev–Trinajstić information content (AvgIpc) is 2.49. The molecule has 1 aromatic heterocycles. The number of halogens is 1. The first-order valence-corrected chi connectivity index (χ1v) is 6.58. The number of para-hydroxylation sites is 1. The van der Waals surface area contributed by atoms with Gasteiger partial charge in [-0.15, -0.1) is 0 Å². The standard InChI is InChI=1S/C16H12ClN3O/c1-11-4-2-6-14(17)15(11)20-16(21)13(9-18)8-12-5-3-7-19-10-12/h2-8,10H,1H3,(H,20,21)/b13-8+. The van der Waals surface area contributed by atoms with Gasteiger partial charge in [-0.1, -0.05) is 29.8 Å². The molecule has 0 aliphatic heterocycles. The van der Waals surface area contributed by atoms with Gasteiger partial charge in [0.25, 0.3) is 5.91 Å². The topological polar surface area (TPSA) is 65.8 Å². The fourth-order valence-corrected chi connectivity index (χ4v) is 2.02. The molecule has 1 heterocycles. The van der Waals surface area contributed by atoms with E-state index in [9.17, 15) is 4.79 Å². The molecule has 0 aliphatic rings. The first-order chi connectivity index (χ1) is 10.1. The van der Waals surface area contributed by atoms with Gasteiger partial charge >= 0.3 is 0 Å². The van der Waals surface area contributed by atoms with Gasteiger partial charge in [-0.3, -0.25) is 9.78 Å². The van der Waals surface area contributed by atoms with Crippen molar-refractivity contribution in [1.29, 1.82) is 5.26 Å². The lowest BCUT2D eigenvalue weighted by Crippen LogP contribution is -2.14. The minimum absolute atomic E-state index is 0.0117. The van der Waals surface area contributed by atoms with Crippen LogP contribution in [0.3, 0.4) is 0 Å². The highest BCUT2D eigenvalue weighted by atomic mass is 35.5. The van der Waals surface area contributed by atoms with Gasteiger partial charge in [-0.05, 0) is 36.3 Å². The normalized spacial score (nSPS) is 10.8. The lowest BCUT2D eigenvalue weighted by molar-refractivity contribution is -0.112. The van der Waals surface area contributed by atoms with Gasteiger partial charge < -0.3 is 5.32 Å². The van der Waals surface area contributed by atoms with E-state index in [4.69, 9.17) is 16.9 Å². The molecule has 0 radical (unpaired) electrons. The highest BCUT2D eigenvalue weighted by Crippen LogP contribution is 2.25. The van der Waals surface area contributed by atoms with E-state index in [-0.39, 0.29) is 5.57 Å².